The molecule has 3 aromatic heterocycles. The molecular formula is C16H19N7O. The van der Waals surface area contributed by atoms with Crippen LogP contribution in [0.4, 0.5) is 5.82 Å². The average molecular weight is 325 g/mol. The summed E-state index contributed by atoms with van der Waals surface area (Å²) < 4.78 is 7.16. The molecule has 8 nitrogen and oxygen atoms in total. The smallest absolute Gasteiger partial charge is 0.177 e. The molecule has 0 spiro atoms. The van der Waals surface area contributed by atoms with Gasteiger partial charge in [0.2, 0.25) is 0 Å². The van der Waals surface area contributed by atoms with Crippen LogP contribution in [0.15, 0.2) is 23.0 Å². The molecule has 0 bridgehead atoms. The number of fused-ring (bicyclic) bond motifs is 2. The van der Waals surface area contributed by atoms with Gasteiger partial charge in [-0.25, -0.2) is 0 Å². The zero-order chi connectivity index (χ0) is 16.1. The van der Waals surface area contributed by atoms with Gasteiger partial charge in [-0.2, -0.15) is 4.52 Å². The maximum atomic E-state index is 5.45. The Morgan fingerprint density at radius 3 is 3.12 bits per heavy atom. The van der Waals surface area contributed by atoms with E-state index in [0.29, 0.717) is 6.04 Å². The molecule has 1 aliphatic heterocycles. The third kappa shape index (κ3) is 2.17. The van der Waals surface area contributed by atoms with Gasteiger partial charge in [0.1, 0.15) is 23.6 Å². The van der Waals surface area contributed by atoms with Crippen molar-refractivity contribution in [1.29, 1.82) is 0 Å². The Morgan fingerprint density at radius 1 is 1.29 bits per heavy atom. The predicted molar refractivity (Wildman–Crippen MR) is 86.8 cm³/mol. The van der Waals surface area contributed by atoms with Crippen molar-refractivity contribution < 1.29 is 4.52 Å². The summed E-state index contributed by atoms with van der Waals surface area (Å²) in [6, 6.07) is 4.47. The second-order valence-corrected chi connectivity index (χ2v) is 6.68. The van der Waals surface area contributed by atoms with Crippen molar-refractivity contribution in [2.24, 2.45) is 0 Å². The third-order valence-electron chi connectivity index (χ3n) is 5.14. The number of likely N-dealkylation sites (N-methyl/N-ethyl adjacent to an activating group) is 1. The van der Waals surface area contributed by atoms with Crippen LogP contribution in [0, 0.1) is 0 Å². The van der Waals surface area contributed by atoms with Crippen LogP contribution in [0.2, 0.25) is 0 Å². The minimum absolute atomic E-state index is 0.511. The van der Waals surface area contributed by atoms with E-state index in [1.807, 2.05) is 12.1 Å². The summed E-state index contributed by atoms with van der Waals surface area (Å²) in [7, 11) is 2.16. The van der Waals surface area contributed by atoms with Crippen LogP contribution in [0.1, 0.15) is 23.4 Å². The highest BCUT2D eigenvalue weighted by atomic mass is 16.5. The van der Waals surface area contributed by atoms with E-state index in [-0.39, 0.29) is 0 Å². The maximum Gasteiger partial charge on any atom is 0.177 e. The molecule has 124 valence electrons. The molecule has 1 aliphatic carbocycles. The van der Waals surface area contributed by atoms with Gasteiger partial charge in [0.25, 0.3) is 0 Å². The lowest BCUT2D eigenvalue weighted by molar-refractivity contribution is 0.191. The van der Waals surface area contributed by atoms with E-state index in [1.165, 1.54) is 12.0 Å². The van der Waals surface area contributed by atoms with Gasteiger partial charge in [-0.15, -0.1) is 15.3 Å². The highest BCUT2D eigenvalue weighted by Gasteiger charge is 2.32. The van der Waals surface area contributed by atoms with Crippen molar-refractivity contribution in [2.75, 3.05) is 25.0 Å². The Hall–Kier alpha value is -2.48. The fraction of sp³-hybridized carbons (Fsp3) is 0.500. The first-order valence-corrected chi connectivity index (χ1v) is 8.36. The molecule has 0 amide bonds. The summed E-state index contributed by atoms with van der Waals surface area (Å²) in [5, 5.41) is 16.7. The van der Waals surface area contributed by atoms with Crippen molar-refractivity contribution >= 4 is 11.5 Å². The largest absolute Gasteiger partial charge is 0.361 e. The molecule has 0 unspecified atom stereocenters. The Balaban J connectivity index is 1.24. The lowest BCUT2D eigenvalue weighted by atomic mass is 10.1. The number of anilines is 1. The third-order valence-corrected chi connectivity index (χ3v) is 5.14. The van der Waals surface area contributed by atoms with Crippen LogP contribution in [0.3, 0.4) is 0 Å². The topological polar surface area (TPSA) is 75.6 Å². The molecule has 0 aromatic carbocycles. The van der Waals surface area contributed by atoms with Crippen LogP contribution in [0.25, 0.3) is 5.65 Å². The molecule has 4 heterocycles. The molecule has 0 N–H and O–H groups in total. The standard InChI is InChI=1S/C16H19N7O/c1-21(9-13-12-3-2-4-14(12)24-20-13)11-7-22(8-11)16-6-5-15-18-17-10-23(15)19-16/h5-6,10-11H,2-4,7-9H2,1H3. The summed E-state index contributed by atoms with van der Waals surface area (Å²) in [5.41, 5.74) is 3.23. The first-order chi connectivity index (χ1) is 11.8. The molecule has 5 rings (SSSR count). The molecule has 1 saturated heterocycles. The lowest BCUT2D eigenvalue weighted by Crippen LogP contribution is -2.58. The molecule has 3 aromatic rings. The Bertz CT molecular complexity index is 880. The minimum Gasteiger partial charge on any atom is -0.361 e. The second-order valence-electron chi connectivity index (χ2n) is 6.68. The van der Waals surface area contributed by atoms with E-state index in [1.54, 1.807) is 10.8 Å². The van der Waals surface area contributed by atoms with Crippen molar-refractivity contribution in [1.82, 2.24) is 29.9 Å². The fourth-order valence-electron chi connectivity index (χ4n) is 3.59. The zero-order valence-corrected chi connectivity index (χ0v) is 13.6. The van der Waals surface area contributed by atoms with Gasteiger partial charge in [0.15, 0.2) is 5.65 Å². The summed E-state index contributed by atoms with van der Waals surface area (Å²) in [6.07, 6.45) is 4.98. The van der Waals surface area contributed by atoms with E-state index >= 15 is 0 Å². The number of rotatable bonds is 4. The molecule has 8 heteroatoms. The fourth-order valence-corrected chi connectivity index (χ4v) is 3.59. The molecular weight excluding hydrogens is 306 g/mol. The van der Waals surface area contributed by atoms with E-state index in [4.69, 9.17) is 4.52 Å². The van der Waals surface area contributed by atoms with Gasteiger partial charge in [-0.3, -0.25) is 4.90 Å². The normalized spacial score (nSPS) is 17.7. The highest BCUT2D eigenvalue weighted by molar-refractivity contribution is 5.47. The van der Waals surface area contributed by atoms with Gasteiger partial charge >= 0.3 is 0 Å². The molecule has 0 saturated carbocycles. The average Bonchev–Trinajstić information content (AvgIpc) is 3.23. The monoisotopic (exact) mass is 325 g/mol. The second kappa shape index (κ2) is 5.27. The first kappa shape index (κ1) is 13.9. The Labute approximate surface area is 139 Å². The van der Waals surface area contributed by atoms with E-state index in [2.05, 4.69) is 37.3 Å². The van der Waals surface area contributed by atoms with E-state index in [0.717, 1.165) is 55.4 Å². The van der Waals surface area contributed by atoms with Gasteiger partial charge in [0, 0.05) is 37.7 Å². The van der Waals surface area contributed by atoms with Gasteiger partial charge in [0.05, 0.1) is 0 Å². The van der Waals surface area contributed by atoms with Crippen molar-refractivity contribution in [3.05, 3.63) is 35.5 Å². The Kier molecular flexibility index (Phi) is 3.05. The number of hydrogen-bond donors (Lipinski definition) is 0. The van der Waals surface area contributed by atoms with Crippen LogP contribution >= 0.6 is 0 Å². The van der Waals surface area contributed by atoms with Crippen LogP contribution < -0.4 is 4.90 Å². The van der Waals surface area contributed by atoms with E-state index < -0.39 is 0 Å². The zero-order valence-electron chi connectivity index (χ0n) is 13.6. The maximum absolute atomic E-state index is 5.45. The summed E-state index contributed by atoms with van der Waals surface area (Å²) in [4.78, 5) is 4.64. The quantitative estimate of drug-likeness (QED) is 0.706. The summed E-state index contributed by atoms with van der Waals surface area (Å²) in [6.45, 7) is 2.80. The van der Waals surface area contributed by atoms with Gasteiger partial charge in [-0.1, -0.05) is 5.16 Å². The number of nitrogens with zero attached hydrogens (tertiary/aromatic N) is 7. The number of aromatic nitrogens is 5. The molecule has 24 heavy (non-hydrogen) atoms. The first-order valence-electron chi connectivity index (χ1n) is 8.36. The van der Waals surface area contributed by atoms with Crippen molar-refractivity contribution in [2.45, 2.75) is 31.8 Å². The van der Waals surface area contributed by atoms with Gasteiger partial charge < -0.3 is 9.42 Å². The van der Waals surface area contributed by atoms with Crippen molar-refractivity contribution in [3.63, 3.8) is 0 Å². The summed E-state index contributed by atoms with van der Waals surface area (Å²) >= 11 is 0. The molecule has 1 fully saturated rings. The minimum atomic E-state index is 0.511. The van der Waals surface area contributed by atoms with Gasteiger partial charge in [-0.05, 0) is 32.0 Å². The van der Waals surface area contributed by atoms with Crippen molar-refractivity contribution in [3.8, 4) is 0 Å². The van der Waals surface area contributed by atoms with E-state index in [9.17, 15) is 0 Å². The molecule has 0 atom stereocenters. The molecule has 2 aliphatic rings. The number of hydrogen-bond acceptors (Lipinski definition) is 7. The number of aryl methyl sites for hydroxylation is 1. The molecule has 0 radical (unpaired) electrons. The summed E-state index contributed by atoms with van der Waals surface area (Å²) in [5.74, 6) is 2.06. The van der Waals surface area contributed by atoms with Crippen LogP contribution in [0.5, 0.6) is 0 Å². The Morgan fingerprint density at radius 2 is 2.21 bits per heavy atom. The van der Waals surface area contributed by atoms with Crippen LogP contribution in [-0.4, -0.2) is 56.0 Å². The predicted octanol–water partition coefficient (Wildman–Crippen LogP) is 0.922. The highest BCUT2D eigenvalue weighted by Crippen LogP contribution is 2.27. The SMILES string of the molecule is CN(Cc1noc2c1CCC2)C1CN(c2ccc3nncn3n2)C1. The van der Waals surface area contributed by atoms with Crippen LogP contribution in [-0.2, 0) is 19.4 Å². The lowest BCUT2D eigenvalue weighted by Gasteiger charge is -2.44.